The molecule has 0 aromatic carbocycles. The zero-order chi connectivity index (χ0) is 8.10. The summed E-state index contributed by atoms with van der Waals surface area (Å²) in [5, 5.41) is 0. The lowest BCUT2D eigenvalue weighted by atomic mass is 10.2. The maximum absolute atomic E-state index is 4.11. The van der Waals surface area contributed by atoms with E-state index in [2.05, 4.69) is 23.5 Å². The van der Waals surface area contributed by atoms with E-state index in [-0.39, 0.29) is 17.0 Å². The number of unbranched alkanes of at least 4 members (excludes halogenated alkanes) is 1. The smallest absolute Gasteiger partial charge is 0.129 e. The van der Waals surface area contributed by atoms with E-state index in [9.17, 15) is 0 Å². The summed E-state index contributed by atoms with van der Waals surface area (Å²) in [6.45, 7) is 5.82. The van der Waals surface area contributed by atoms with Crippen LogP contribution < -0.4 is 0 Å². The number of nitrogens with zero attached hydrogens (tertiary/aromatic N) is 1. The predicted molar refractivity (Wildman–Crippen MR) is 57.6 cm³/mol. The average molecular weight is 231 g/mol. The number of nitrogens with one attached hydrogen (secondary N) is 1. The zero-order valence-electron chi connectivity index (χ0n) is 7.34. The van der Waals surface area contributed by atoms with Gasteiger partial charge in [-0.05, 0) is 18.9 Å². The molecular formula is C9H15BrN2. The molecule has 0 aliphatic carbocycles. The molecule has 0 bridgehead atoms. The Kier molecular flexibility index (Phi) is 5.72. The van der Waals surface area contributed by atoms with Crippen molar-refractivity contribution < 1.29 is 0 Å². The fourth-order valence-electron chi connectivity index (χ4n) is 0.975. The molecule has 1 rings (SSSR count). The lowest BCUT2D eigenvalue weighted by Gasteiger charge is -1.91. The van der Waals surface area contributed by atoms with E-state index in [0.717, 1.165) is 12.2 Å². The zero-order valence-corrected chi connectivity index (χ0v) is 9.05. The van der Waals surface area contributed by atoms with Crippen molar-refractivity contribution in [3.05, 3.63) is 24.3 Å². The molecule has 1 heterocycles. The van der Waals surface area contributed by atoms with Crippen molar-refractivity contribution in [2.24, 2.45) is 0 Å². The van der Waals surface area contributed by atoms with Crippen LogP contribution in [0, 0.1) is 0 Å². The van der Waals surface area contributed by atoms with Crippen molar-refractivity contribution in [2.45, 2.75) is 26.2 Å². The summed E-state index contributed by atoms with van der Waals surface area (Å²) in [5.41, 5.74) is 1.21. The van der Waals surface area contributed by atoms with Crippen molar-refractivity contribution in [3.8, 4) is 0 Å². The van der Waals surface area contributed by atoms with Gasteiger partial charge in [-0.3, -0.25) is 0 Å². The van der Waals surface area contributed by atoms with Crippen molar-refractivity contribution in [1.29, 1.82) is 0 Å². The Balaban J connectivity index is 0.00000121. The van der Waals surface area contributed by atoms with E-state index in [1.807, 2.05) is 6.20 Å². The van der Waals surface area contributed by atoms with Crippen LogP contribution in [-0.2, 0) is 6.42 Å². The van der Waals surface area contributed by atoms with Crippen molar-refractivity contribution in [1.82, 2.24) is 9.97 Å². The van der Waals surface area contributed by atoms with Gasteiger partial charge in [-0.15, -0.1) is 17.0 Å². The van der Waals surface area contributed by atoms with Gasteiger partial charge in [0, 0.05) is 11.9 Å². The molecule has 12 heavy (non-hydrogen) atoms. The van der Waals surface area contributed by atoms with Crippen molar-refractivity contribution in [2.75, 3.05) is 0 Å². The standard InChI is InChI=1S/C9H14N2.BrH/c1-3-5-6-8-7-10-9(4-2)11-8;/h4,7H,2-3,5-6H2,1H3,(H,10,11);1H. The molecule has 0 saturated heterocycles. The number of aromatic nitrogens is 2. The number of rotatable bonds is 4. The van der Waals surface area contributed by atoms with Gasteiger partial charge < -0.3 is 4.98 Å². The first-order chi connectivity index (χ1) is 5.36. The molecule has 0 aliphatic heterocycles. The number of aromatic amines is 1. The minimum Gasteiger partial charge on any atom is -0.342 e. The van der Waals surface area contributed by atoms with Gasteiger partial charge in [-0.2, -0.15) is 0 Å². The van der Waals surface area contributed by atoms with Crippen LogP contribution in [0.15, 0.2) is 12.8 Å². The van der Waals surface area contributed by atoms with E-state index < -0.39 is 0 Å². The summed E-state index contributed by atoms with van der Waals surface area (Å²) >= 11 is 0. The Bertz CT molecular complexity index is 230. The summed E-state index contributed by atoms with van der Waals surface area (Å²) in [5.74, 6) is 0.871. The minimum absolute atomic E-state index is 0. The van der Waals surface area contributed by atoms with Gasteiger partial charge in [-0.1, -0.05) is 19.9 Å². The first kappa shape index (κ1) is 11.4. The second-order valence-electron chi connectivity index (χ2n) is 2.60. The summed E-state index contributed by atoms with van der Waals surface area (Å²) < 4.78 is 0. The summed E-state index contributed by atoms with van der Waals surface area (Å²) in [6, 6.07) is 0. The van der Waals surface area contributed by atoms with Crippen molar-refractivity contribution >= 4 is 23.1 Å². The fourth-order valence-corrected chi connectivity index (χ4v) is 0.975. The molecule has 68 valence electrons. The molecule has 0 unspecified atom stereocenters. The summed E-state index contributed by atoms with van der Waals surface area (Å²) in [7, 11) is 0. The van der Waals surface area contributed by atoms with Crippen LogP contribution in [0.3, 0.4) is 0 Å². The van der Waals surface area contributed by atoms with Gasteiger partial charge in [-0.25, -0.2) is 4.98 Å². The Morgan fingerprint density at radius 3 is 2.92 bits per heavy atom. The van der Waals surface area contributed by atoms with Crippen molar-refractivity contribution in [3.63, 3.8) is 0 Å². The number of imidazole rings is 1. The molecule has 0 amide bonds. The third kappa shape index (κ3) is 3.22. The van der Waals surface area contributed by atoms with E-state index in [0.29, 0.717) is 0 Å². The molecule has 1 N–H and O–H groups in total. The number of hydrogen-bond donors (Lipinski definition) is 1. The Hall–Kier alpha value is -0.570. The maximum Gasteiger partial charge on any atom is 0.129 e. The molecule has 0 spiro atoms. The highest BCUT2D eigenvalue weighted by molar-refractivity contribution is 8.93. The van der Waals surface area contributed by atoms with Crippen LogP contribution >= 0.6 is 17.0 Å². The molecule has 0 aliphatic rings. The number of halogens is 1. The third-order valence-electron chi connectivity index (χ3n) is 1.64. The van der Waals surface area contributed by atoms with E-state index in [1.165, 1.54) is 18.5 Å². The average Bonchev–Trinajstić information content (AvgIpc) is 2.48. The van der Waals surface area contributed by atoms with Crippen LogP contribution in [0.5, 0.6) is 0 Å². The monoisotopic (exact) mass is 230 g/mol. The van der Waals surface area contributed by atoms with Gasteiger partial charge in [0.25, 0.3) is 0 Å². The molecule has 1 aromatic rings. The lowest BCUT2D eigenvalue weighted by Crippen LogP contribution is -1.83. The van der Waals surface area contributed by atoms with Gasteiger partial charge in [0.15, 0.2) is 0 Å². The topological polar surface area (TPSA) is 28.7 Å². The van der Waals surface area contributed by atoms with Crippen LogP contribution in [-0.4, -0.2) is 9.97 Å². The highest BCUT2D eigenvalue weighted by atomic mass is 79.9. The van der Waals surface area contributed by atoms with Crippen LogP contribution in [0.4, 0.5) is 0 Å². The molecule has 0 radical (unpaired) electrons. The first-order valence-electron chi connectivity index (χ1n) is 4.03. The molecule has 0 fully saturated rings. The first-order valence-corrected chi connectivity index (χ1v) is 4.03. The van der Waals surface area contributed by atoms with Gasteiger partial charge in [0.1, 0.15) is 5.82 Å². The Labute approximate surface area is 83.9 Å². The van der Waals surface area contributed by atoms with Gasteiger partial charge in [0.2, 0.25) is 0 Å². The predicted octanol–water partition coefficient (Wildman–Crippen LogP) is 2.97. The SMILES string of the molecule is Br.C=Cc1ncc(CCCC)[nH]1. The molecule has 2 nitrogen and oxygen atoms in total. The molecule has 0 atom stereocenters. The number of aryl methyl sites for hydroxylation is 1. The fraction of sp³-hybridized carbons (Fsp3) is 0.444. The Morgan fingerprint density at radius 2 is 2.42 bits per heavy atom. The van der Waals surface area contributed by atoms with Crippen LogP contribution in [0.1, 0.15) is 31.3 Å². The largest absolute Gasteiger partial charge is 0.342 e. The maximum atomic E-state index is 4.11. The second kappa shape index (κ2) is 6.00. The number of hydrogen-bond acceptors (Lipinski definition) is 1. The van der Waals surface area contributed by atoms with E-state index >= 15 is 0 Å². The molecule has 3 heteroatoms. The highest BCUT2D eigenvalue weighted by Gasteiger charge is 1.95. The highest BCUT2D eigenvalue weighted by Crippen LogP contribution is 2.02. The second-order valence-corrected chi connectivity index (χ2v) is 2.60. The molecular weight excluding hydrogens is 216 g/mol. The summed E-state index contributed by atoms with van der Waals surface area (Å²) in [4.78, 5) is 7.28. The lowest BCUT2D eigenvalue weighted by molar-refractivity contribution is 0.780. The van der Waals surface area contributed by atoms with Gasteiger partial charge >= 0.3 is 0 Å². The normalized spacial score (nSPS) is 9.08. The van der Waals surface area contributed by atoms with Crippen LogP contribution in [0.2, 0.25) is 0 Å². The van der Waals surface area contributed by atoms with Gasteiger partial charge in [0.05, 0.1) is 0 Å². The molecule has 0 saturated carbocycles. The van der Waals surface area contributed by atoms with E-state index in [4.69, 9.17) is 0 Å². The van der Waals surface area contributed by atoms with Crippen LogP contribution in [0.25, 0.3) is 6.08 Å². The number of H-pyrrole nitrogens is 1. The third-order valence-corrected chi connectivity index (χ3v) is 1.64. The minimum atomic E-state index is 0. The summed E-state index contributed by atoms with van der Waals surface area (Å²) in [6.07, 6.45) is 7.15. The quantitative estimate of drug-likeness (QED) is 0.847. The van der Waals surface area contributed by atoms with E-state index in [1.54, 1.807) is 6.08 Å². The Morgan fingerprint density at radius 1 is 1.67 bits per heavy atom. The molecule has 1 aromatic heterocycles.